The van der Waals surface area contributed by atoms with Crippen LogP contribution in [0.15, 0.2) is 48.5 Å². The SMILES string of the molecule is O=C(COC(=O)c1ccc(OC(F)F)cc1)Nc1cccc(Cl)c1. The van der Waals surface area contributed by atoms with Gasteiger partial charge >= 0.3 is 12.6 Å². The highest BCUT2D eigenvalue weighted by Gasteiger charge is 2.11. The van der Waals surface area contributed by atoms with Crippen molar-refractivity contribution in [2.45, 2.75) is 6.61 Å². The number of amides is 1. The van der Waals surface area contributed by atoms with Crippen molar-refractivity contribution >= 4 is 29.2 Å². The van der Waals surface area contributed by atoms with Crippen molar-refractivity contribution in [2.24, 2.45) is 0 Å². The minimum absolute atomic E-state index is 0.0831. The fourth-order valence-electron chi connectivity index (χ4n) is 1.75. The first-order valence-electron chi connectivity index (χ1n) is 6.71. The number of ether oxygens (including phenoxy) is 2. The molecule has 0 unspecified atom stereocenters. The number of carbonyl (C=O) groups is 2. The van der Waals surface area contributed by atoms with Crippen LogP contribution >= 0.6 is 11.6 Å². The minimum atomic E-state index is -2.95. The van der Waals surface area contributed by atoms with Crippen molar-refractivity contribution in [1.29, 1.82) is 0 Å². The van der Waals surface area contributed by atoms with Gasteiger partial charge in [-0.3, -0.25) is 4.79 Å². The number of halogens is 3. The average molecular weight is 356 g/mol. The smallest absolute Gasteiger partial charge is 0.387 e. The van der Waals surface area contributed by atoms with Gasteiger partial charge in [0.05, 0.1) is 5.56 Å². The van der Waals surface area contributed by atoms with Crippen molar-refractivity contribution in [2.75, 3.05) is 11.9 Å². The summed E-state index contributed by atoms with van der Waals surface area (Å²) in [6, 6.07) is 11.4. The molecule has 5 nitrogen and oxygen atoms in total. The average Bonchev–Trinajstić information content (AvgIpc) is 2.53. The molecule has 8 heteroatoms. The normalized spacial score (nSPS) is 10.3. The zero-order valence-electron chi connectivity index (χ0n) is 12.2. The highest BCUT2D eigenvalue weighted by atomic mass is 35.5. The first kappa shape index (κ1) is 17.7. The minimum Gasteiger partial charge on any atom is -0.452 e. The van der Waals surface area contributed by atoms with E-state index in [4.69, 9.17) is 16.3 Å². The summed E-state index contributed by atoms with van der Waals surface area (Å²) in [5.74, 6) is -1.39. The quantitative estimate of drug-likeness (QED) is 0.802. The van der Waals surface area contributed by atoms with Crippen LogP contribution in [0.25, 0.3) is 0 Å². The summed E-state index contributed by atoms with van der Waals surface area (Å²) in [4.78, 5) is 23.5. The molecule has 0 aliphatic carbocycles. The van der Waals surface area contributed by atoms with Crippen molar-refractivity contribution in [3.8, 4) is 5.75 Å². The number of benzene rings is 2. The van der Waals surface area contributed by atoms with Gasteiger partial charge in [-0.15, -0.1) is 0 Å². The number of esters is 1. The fourth-order valence-corrected chi connectivity index (χ4v) is 1.94. The van der Waals surface area contributed by atoms with Crippen molar-refractivity contribution in [3.05, 3.63) is 59.1 Å². The van der Waals surface area contributed by atoms with Crippen LogP contribution in [0, 0.1) is 0 Å². The second-order valence-corrected chi connectivity index (χ2v) is 4.97. The Kier molecular flexibility index (Phi) is 6.08. The Morgan fingerprint density at radius 2 is 1.83 bits per heavy atom. The van der Waals surface area contributed by atoms with Crippen molar-refractivity contribution < 1.29 is 27.8 Å². The molecule has 0 atom stereocenters. The molecule has 1 N–H and O–H groups in total. The van der Waals surface area contributed by atoms with Crippen LogP contribution in [0.1, 0.15) is 10.4 Å². The van der Waals surface area contributed by atoms with Gasteiger partial charge < -0.3 is 14.8 Å². The van der Waals surface area contributed by atoms with E-state index in [1.54, 1.807) is 24.3 Å². The maximum atomic E-state index is 12.0. The van der Waals surface area contributed by atoms with E-state index in [2.05, 4.69) is 10.1 Å². The fraction of sp³-hybridized carbons (Fsp3) is 0.125. The first-order chi connectivity index (χ1) is 11.4. The zero-order valence-corrected chi connectivity index (χ0v) is 12.9. The highest BCUT2D eigenvalue weighted by Crippen LogP contribution is 2.16. The van der Waals surface area contributed by atoms with Gasteiger partial charge in [0.1, 0.15) is 5.75 Å². The lowest BCUT2D eigenvalue weighted by Gasteiger charge is -2.08. The lowest BCUT2D eigenvalue weighted by atomic mass is 10.2. The molecule has 0 aliphatic heterocycles. The Morgan fingerprint density at radius 1 is 1.12 bits per heavy atom. The molecule has 0 fully saturated rings. The number of rotatable bonds is 6. The van der Waals surface area contributed by atoms with Gasteiger partial charge in [0.15, 0.2) is 6.61 Å². The largest absolute Gasteiger partial charge is 0.452 e. The molecule has 126 valence electrons. The number of carbonyl (C=O) groups excluding carboxylic acids is 2. The predicted octanol–water partition coefficient (Wildman–Crippen LogP) is 3.74. The molecule has 0 spiro atoms. The molecule has 0 radical (unpaired) electrons. The number of anilines is 1. The summed E-state index contributed by atoms with van der Waals surface area (Å²) in [7, 11) is 0. The van der Waals surface area contributed by atoms with Crippen LogP contribution in [0.2, 0.25) is 5.02 Å². The Labute approximate surface area is 141 Å². The summed E-state index contributed by atoms with van der Waals surface area (Å²) in [6.45, 7) is -3.45. The lowest BCUT2D eigenvalue weighted by Crippen LogP contribution is -2.20. The van der Waals surface area contributed by atoms with E-state index in [1.165, 1.54) is 24.3 Å². The number of alkyl halides is 2. The molecule has 2 rings (SSSR count). The molecule has 0 aromatic heterocycles. The first-order valence-corrected chi connectivity index (χ1v) is 7.09. The second-order valence-electron chi connectivity index (χ2n) is 4.54. The van der Waals surface area contributed by atoms with E-state index in [1.807, 2.05) is 0 Å². The molecule has 2 aromatic rings. The molecular formula is C16H12ClF2NO4. The van der Waals surface area contributed by atoms with Crippen LogP contribution in [-0.2, 0) is 9.53 Å². The van der Waals surface area contributed by atoms with Gasteiger partial charge in [-0.05, 0) is 42.5 Å². The number of nitrogens with one attached hydrogen (secondary N) is 1. The maximum Gasteiger partial charge on any atom is 0.387 e. The Hall–Kier alpha value is -2.67. The van der Waals surface area contributed by atoms with E-state index < -0.39 is 25.1 Å². The standard InChI is InChI=1S/C16H12ClF2NO4/c17-11-2-1-3-12(8-11)20-14(21)9-23-15(22)10-4-6-13(7-5-10)24-16(18)19/h1-8,16H,9H2,(H,20,21). The van der Waals surface area contributed by atoms with E-state index >= 15 is 0 Å². The highest BCUT2D eigenvalue weighted by molar-refractivity contribution is 6.30. The van der Waals surface area contributed by atoms with Gasteiger partial charge in [0, 0.05) is 10.7 Å². The summed E-state index contributed by atoms with van der Waals surface area (Å²) >= 11 is 5.79. The van der Waals surface area contributed by atoms with Crippen molar-refractivity contribution in [3.63, 3.8) is 0 Å². The summed E-state index contributed by atoms with van der Waals surface area (Å²) in [5, 5.41) is 2.97. The molecule has 24 heavy (non-hydrogen) atoms. The lowest BCUT2D eigenvalue weighted by molar-refractivity contribution is -0.119. The molecule has 0 heterocycles. The number of hydrogen-bond acceptors (Lipinski definition) is 4. The summed E-state index contributed by atoms with van der Waals surface area (Å²) in [5.41, 5.74) is 0.573. The van der Waals surface area contributed by atoms with Crippen LogP contribution in [0.5, 0.6) is 5.75 Å². The Morgan fingerprint density at radius 3 is 2.46 bits per heavy atom. The van der Waals surface area contributed by atoms with Gasteiger partial charge in [-0.25, -0.2) is 4.79 Å². The van der Waals surface area contributed by atoms with Crippen LogP contribution < -0.4 is 10.1 Å². The van der Waals surface area contributed by atoms with E-state index in [9.17, 15) is 18.4 Å². The summed E-state index contributed by atoms with van der Waals surface area (Å²) < 4.78 is 33.1. The maximum absolute atomic E-state index is 12.0. The van der Waals surface area contributed by atoms with Gasteiger partial charge in [-0.2, -0.15) is 8.78 Å². The molecule has 0 saturated carbocycles. The van der Waals surface area contributed by atoms with Gasteiger partial charge in [-0.1, -0.05) is 17.7 Å². The summed E-state index contributed by atoms with van der Waals surface area (Å²) in [6.07, 6.45) is 0. The Balaban J connectivity index is 1.85. The molecule has 0 saturated heterocycles. The van der Waals surface area contributed by atoms with E-state index in [0.717, 1.165) is 0 Å². The van der Waals surface area contributed by atoms with Crippen LogP contribution in [0.3, 0.4) is 0 Å². The molecule has 2 aromatic carbocycles. The third kappa shape index (κ3) is 5.51. The second kappa shape index (κ2) is 8.26. The van der Waals surface area contributed by atoms with Crippen LogP contribution in [0.4, 0.5) is 14.5 Å². The Bertz CT molecular complexity index is 722. The van der Waals surface area contributed by atoms with Gasteiger partial charge in [0.25, 0.3) is 5.91 Å². The third-order valence-electron chi connectivity index (χ3n) is 2.76. The van der Waals surface area contributed by atoms with Gasteiger partial charge in [0.2, 0.25) is 0 Å². The zero-order chi connectivity index (χ0) is 17.5. The topological polar surface area (TPSA) is 64.6 Å². The molecule has 0 aliphatic rings. The van der Waals surface area contributed by atoms with Crippen LogP contribution in [-0.4, -0.2) is 25.1 Å². The molecule has 1 amide bonds. The monoisotopic (exact) mass is 355 g/mol. The van der Waals surface area contributed by atoms with E-state index in [-0.39, 0.29) is 11.3 Å². The molecular weight excluding hydrogens is 344 g/mol. The number of hydrogen-bond donors (Lipinski definition) is 1. The van der Waals surface area contributed by atoms with Crippen molar-refractivity contribution in [1.82, 2.24) is 0 Å². The predicted molar refractivity (Wildman–Crippen MR) is 83.4 cm³/mol. The third-order valence-corrected chi connectivity index (χ3v) is 2.99. The van der Waals surface area contributed by atoms with E-state index in [0.29, 0.717) is 10.7 Å². The molecule has 0 bridgehead atoms.